The number of rotatable bonds is 6. The Balaban J connectivity index is 2.10. The molecule has 1 atom stereocenters. The Morgan fingerprint density at radius 2 is 2.06 bits per heavy atom. The number of hydrogen-bond donors (Lipinski definition) is 1. The largest absolute Gasteiger partial charge is 0.376 e. The van der Waals surface area contributed by atoms with Gasteiger partial charge in [0.1, 0.15) is 0 Å². The van der Waals surface area contributed by atoms with Crippen molar-refractivity contribution in [3.8, 4) is 0 Å². The first-order chi connectivity index (χ1) is 8.79. The zero-order valence-electron chi connectivity index (χ0n) is 11.1. The normalized spacial score (nSPS) is 12.3. The highest BCUT2D eigenvalue weighted by atomic mass is 15.3. The van der Waals surface area contributed by atoms with E-state index in [2.05, 4.69) is 47.7 Å². The van der Waals surface area contributed by atoms with Crippen molar-refractivity contribution in [1.29, 1.82) is 0 Å². The van der Waals surface area contributed by atoms with Gasteiger partial charge in [-0.3, -0.25) is 4.68 Å². The predicted octanol–water partition coefficient (Wildman–Crippen LogP) is 3.76. The van der Waals surface area contributed by atoms with Gasteiger partial charge in [-0.25, -0.2) is 0 Å². The van der Waals surface area contributed by atoms with E-state index in [9.17, 15) is 0 Å². The lowest BCUT2D eigenvalue weighted by molar-refractivity contribution is 0.634. The molecular formula is C15H21N3. The smallest absolute Gasteiger partial charge is 0.0731 e. The van der Waals surface area contributed by atoms with E-state index in [1.807, 2.05) is 24.1 Å². The van der Waals surface area contributed by atoms with E-state index in [1.165, 1.54) is 18.4 Å². The topological polar surface area (TPSA) is 29.9 Å². The highest BCUT2D eigenvalue weighted by Gasteiger charge is 2.11. The van der Waals surface area contributed by atoms with Gasteiger partial charge < -0.3 is 5.32 Å². The fourth-order valence-electron chi connectivity index (χ4n) is 2.11. The molecule has 1 aromatic carbocycles. The van der Waals surface area contributed by atoms with Crippen LogP contribution in [0.1, 0.15) is 37.8 Å². The molecular weight excluding hydrogens is 222 g/mol. The third-order valence-electron chi connectivity index (χ3n) is 3.09. The number of hydrogen-bond acceptors (Lipinski definition) is 2. The van der Waals surface area contributed by atoms with Gasteiger partial charge in [-0.15, -0.1) is 0 Å². The predicted molar refractivity (Wildman–Crippen MR) is 75.5 cm³/mol. The molecule has 0 spiro atoms. The zero-order valence-corrected chi connectivity index (χ0v) is 11.1. The van der Waals surface area contributed by atoms with Crippen molar-refractivity contribution in [2.24, 2.45) is 7.05 Å². The molecule has 1 unspecified atom stereocenters. The number of anilines is 1. The molecule has 2 aromatic rings. The van der Waals surface area contributed by atoms with Crippen molar-refractivity contribution >= 4 is 5.69 Å². The van der Waals surface area contributed by atoms with Gasteiger partial charge in [-0.05, 0) is 12.0 Å². The minimum atomic E-state index is 0.371. The van der Waals surface area contributed by atoms with Crippen molar-refractivity contribution in [3.63, 3.8) is 0 Å². The standard InChI is InChI=1S/C15H21N3/c1-3-4-10-15(13-8-6-5-7-9-13)17-14-11-16-18(2)12-14/h5-9,11-12,15,17H,3-4,10H2,1-2H3. The van der Waals surface area contributed by atoms with Crippen molar-refractivity contribution < 1.29 is 0 Å². The molecule has 0 saturated carbocycles. The third-order valence-corrected chi connectivity index (χ3v) is 3.09. The average Bonchev–Trinajstić information content (AvgIpc) is 2.81. The Labute approximate surface area is 109 Å². The van der Waals surface area contributed by atoms with Gasteiger partial charge in [-0.1, -0.05) is 50.1 Å². The summed E-state index contributed by atoms with van der Waals surface area (Å²) in [7, 11) is 1.94. The minimum Gasteiger partial charge on any atom is -0.376 e. The van der Waals surface area contributed by atoms with Crippen LogP contribution in [0.3, 0.4) is 0 Å². The number of aryl methyl sites for hydroxylation is 1. The molecule has 0 aliphatic heterocycles. The van der Waals surface area contributed by atoms with E-state index < -0.39 is 0 Å². The fourth-order valence-corrected chi connectivity index (χ4v) is 2.11. The quantitative estimate of drug-likeness (QED) is 0.837. The van der Waals surface area contributed by atoms with Crippen molar-refractivity contribution in [2.45, 2.75) is 32.2 Å². The van der Waals surface area contributed by atoms with E-state index in [-0.39, 0.29) is 0 Å². The molecule has 3 heteroatoms. The molecule has 0 aliphatic rings. The highest BCUT2D eigenvalue weighted by molar-refractivity contribution is 5.41. The Bertz CT molecular complexity index is 462. The van der Waals surface area contributed by atoms with E-state index in [4.69, 9.17) is 0 Å². The summed E-state index contributed by atoms with van der Waals surface area (Å²) in [5, 5.41) is 7.77. The van der Waals surface area contributed by atoms with Crippen LogP contribution in [-0.4, -0.2) is 9.78 Å². The molecule has 0 aliphatic carbocycles. The van der Waals surface area contributed by atoms with Gasteiger partial charge in [0, 0.05) is 13.2 Å². The van der Waals surface area contributed by atoms with Crippen molar-refractivity contribution in [1.82, 2.24) is 9.78 Å². The van der Waals surface area contributed by atoms with Gasteiger partial charge in [0.25, 0.3) is 0 Å². The first kappa shape index (κ1) is 12.7. The van der Waals surface area contributed by atoms with Crippen LogP contribution in [0.2, 0.25) is 0 Å². The van der Waals surface area contributed by atoms with E-state index >= 15 is 0 Å². The molecule has 0 fully saturated rings. The van der Waals surface area contributed by atoms with Gasteiger partial charge in [0.05, 0.1) is 17.9 Å². The molecule has 0 amide bonds. The van der Waals surface area contributed by atoms with Gasteiger partial charge in [-0.2, -0.15) is 5.10 Å². The average molecular weight is 243 g/mol. The summed E-state index contributed by atoms with van der Waals surface area (Å²) in [5.74, 6) is 0. The molecule has 96 valence electrons. The van der Waals surface area contributed by atoms with Gasteiger partial charge >= 0.3 is 0 Å². The lowest BCUT2D eigenvalue weighted by Crippen LogP contribution is -2.10. The molecule has 1 aromatic heterocycles. The number of benzene rings is 1. The van der Waals surface area contributed by atoms with Crippen LogP contribution >= 0.6 is 0 Å². The summed E-state index contributed by atoms with van der Waals surface area (Å²) in [6.45, 7) is 2.23. The minimum absolute atomic E-state index is 0.371. The summed E-state index contributed by atoms with van der Waals surface area (Å²) in [4.78, 5) is 0. The van der Waals surface area contributed by atoms with Gasteiger partial charge in [0.2, 0.25) is 0 Å². The van der Waals surface area contributed by atoms with Crippen molar-refractivity contribution in [2.75, 3.05) is 5.32 Å². The molecule has 0 radical (unpaired) electrons. The van der Waals surface area contributed by atoms with E-state index in [1.54, 1.807) is 0 Å². The molecule has 0 saturated heterocycles. The van der Waals surface area contributed by atoms with Crippen molar-refractivity contribution in [3.05, 3.63) is 48.3 Å². The number of unbranched alkanes of at least 4 members (excludes halogenated alkanes) is 1. The second kappa shape index (κ2) is 6.24. The second-order valence-electron chi connectivity index (χ2n) is 4.65. The molecule has 0 bridgehead atoms. The summed E-state index contributed by atoms with van der Waals surface area (Å²) in [6.07, 6.45) is 7.49. The summed E-state index contributed by atoms with van der Waals surface area (Å²) >= 11 is 0. The SMILES string of the molecule is CCCCC(Nc1cnn(C)c1)c1ccccc1. The molecule has 2 rings (SSSR count). The Morgan fingerprint density at radius 3 is 2.67 bits per heavy atom. The van der Waals surface area contributed by atoms with Crippen LogP contribution < -0.4 is 5.32 Å². The Hall–Kier alpha value is -1.77. The van der Waals surface area contributed by atoms with Crippen LogP contribution in [0.25, 0.3) is 0 Å². The van der Waals surface area contributed by atoms with Crippen LogP contribution in [0.4, 0.5) is 5.69 Å². The zero-order chi connectivity index (χ0) is 12.8. The maximum Gasteiger partial charge on any atom is 0.0731 e. The first-order valence-corrected chi connectivity index (χ1v) is 6.59. The third kappa shape index (κ3) is 3.36. The van der Waals surface area contributed by atoms with Crippen LogP contribution in [0.15, 0.2) is 42.7 Å². The molecule has 3 nitrogen and oxygen atoms in total. The van der Waals surface area contributed by atoms with E-state index in [0.29, 0.717) is 6.04 Å². The second-order valence-corrected chi connectivity index (χ2v) is 4.65. The van der Waals surface area contributed by atoms with Crippen LogP contribution in [0.5, 0.6) is 0 Å². The van der Waals surface area contributed by atoms with Crippen LogP contribution in [-0.2, 0) is 7.05 Å². The number of aromatic nitrogens is 2. The monoisotopic (exact) mass is 243 g/mol. The lowest BCUT2D eigenvalue weighted by atomic mass is 10.0. The lowest BCUT2D eigenvalue weighted by Gasteiger charge is -2.19. The summed E-state index contributed by atoms with van der Waals surface area (Å²) < 4.78 is 1.82. The van der Waals surface area contributed by atoms with Gasteiger partial charge in [0.15, 0.2) is 0 Å². The highest BCUT2D eigenvalue weighted by Crippen LogP contribution is 2.24. The van der Waals surface area contributed by atoms with Crippen LogP contribution in [0, 0.1) is 0 Å². The Kier molecular flexibility index (Phi) is 4.40. The fraction of sp³-hybridized carbons (Fsp3) is 0.400. The Morgan fingerprint density at radius 1 is 1.28 bits per heavy atom. The molecule has 1 heterocycles. The summed E-state index contributed by atoms with van der Waals surface area (Å²) in [6, 6.07) is 11.0. The maximum atomic E-state index is 4.20. The maximum absolute atomic E-state index is 4.20. The molecule has 18 heavy (non-hydrogen) atoms. The summed E-state index contributed by atoms with van der Waals surface area (Å²) in [5.41, 5.74) is 2.43. The number of nitrogens with one attached hydrogen (secondary N) is 1. The number of nitrogens with zero attached hydrogens (tertiary/aromatic N) is 2. The first-order valence-electron chi connectivity index (χ1n) is 6.59. The van der Waals surface area contributed by atoms with E-state index in [0.717, 1.165) is 12.1 Å². The molecule has 1 N–H and O–H groups in total.